The number of carbonyl (C=O) groups excluding carboxylic acids is 1. The van der Waals surface area contributed by atoms with Gasteiger partial charge in [0.25, 0.3) is 0 Å². The van der Waals surface area contributed by atoms with Crippen LogP contribution in [0.4, 0.5) is 28.7 Å². The van der Waals surface area contributed by atoms with E-state index >= 15 is 0 Å². The number of carbonyl (C=O) groups is 1. The largest absolute Gasteiger partial charge is 0.369 e. The van der Waals surface area contributed by atoms with Gasteiger partial charge in [-0.15, -0.1) is 0 Å². The number of amides is 1. The van der Waals surface area contributed by atoms with Crippen LogP contribution in [0, 0.1) is 0 Å². The van der Waals surface area contributed by atoms with Gasteiger partial charge < -0.3 is 24.9 Å². The second kappa shape index (κ2) is 9.78. The van der Waals surface area contributed by atoms with Crippen molar-refractivity contribution in [3.05, 3.63) is 54.7 Å². The van der Waals surface area contributed by atoms with Crippen LogP contribution in [0.1, 0.15) is 20.8 Å². The van der Waals surface area contributed by atoms with Gasteiger partial charge in [-0.3, -0.25) is 4.79 Å². The van der Waals surface area contributed by atoms with Gasteiger partial charge in [0, 0.05) is 62.4 Å². The van der Waals surface area contributed by atoms with E-state index in [1.54, 1.807) is 11.1 Å². The lowest BCUT2D eigenvalue weighted by Crippen LogP contribution is -2.53. The molecule has 1 unspecified atom stereocenters. The van der Waals surface area contributed by atoms with Gasteiger partial charge in [0.2, 0.25) is 11.9 Å². The summed E-state index contributed by atoms with van der Waals surface area (Å²) in [7, 11) is 4.01. The molecule has 8 nitrogen and oxygen atoms in total. The van der Waals surface area contributed by atoms with Crippen molar-refractivity contribution in [1.29, 1.82) is 0 Å². The second-order valence-electron chi connectivity index (χ2n) is 10.0. The van der Waals surface area contributed by atoms with Crippen molar-refractivity contribution in [3.8, 4) is 11.3 Å². The van der Waals surface area contributed by atoms with Crippen LogP contribution in [0.2, 0.25) is 0 Å². The lowest BCUT2D eigenvalue weighted by atomic mass is 10.0. The van der Waals surface area contributed by atoms with Crippen molar-refractivity contribution in [1.82, 2.24) is 14.9 Å². The van der Waals surface area contributed by atoms with Crippen molar-refractivity contribution in [3.63, 3.8) is 0 Å². The maximum atomic E-state index is 12.7. The van der Waals surface area contributed by atoms with Crippen LogP contribution in [0.15, 0.2) is 54.7 Å². The fourth-order valence-electron chi connectivity index (χ4n) is 5.16. The van der Waals surface area contributed by atoms with Crippen molar-refractivity contribution < 1.29 is 4.79 Å². The van der Waals surface area contributed by atoms with Gasteiger partial charge in [-0.25, -0.2) is 9.97 Å². The summed E-state index contributed by atoms with van der Waals surface area (Å²) in [5.74, 6) is 0.645. The molecular weight excluding hydrogens is 450 g/mol. The third kappa shape index (κ3) is 4.60. The zero-order valence-electron chi connectivity index (χ0n) is 21.8. The molecule has 1 aromatic heterocycles. The highest BCUT2D eigenvalue weighted by molar-refractivity contribution is 6.05. The molecule has 1 saturated heterocycles. The molecule has 1 N–H and O–H groups in total. The third-order valence-corrected chi connectivity index (χ3v) is 7.22. The second-order valence-corrected chi connectivity index (χ2v) is 10.0. The molecule has 36 heavy (non-hydrogen) atoms. The van der Waals surface area contributed by atoms with Crippen LogP contribution in [-0.4, -0.2) is 73.1 Å². The topological polar surface area (TPSA) is 67.8 Å². The minimum absolute atomic E-state index is 0.103. The van der Waals surface area contributed by atoms with E-state index in [2.05, 4.69) is 76.2 Å². The Morgan fingerprint density at radius 2 is 1.67 bits per heavy atom. The number of likely N-dealkylation sites (N-methyl/N-ethyl adjacent to an activating group) is 2. The van der Waals surface area contributed by atoms with E-state index in [0.717, 1.165) is 54.5 Å². The first-order chi connectivity index (χ1) is 17.3. The molecule has 1 atom stereocenters. The van der Waals surface area contributed by atoms with E-state index < -0.39 is 0 Å². The summed E-state index contributed by atoms with van der Waals surface area (Å²) < 4.78 is 0. The molecule has 1 fully saturated rings. The Morgan fingerprint density at radius 3 is 2.36 bits per heavy atom. The Labute approximate surface area is 213 Å². The summed E-state index contributed by atoms with van der Waals surface area (Å²) in [6, 6.07) is 16.6. The number of hydrogen-bond acceptors (Lipinski definition) is 7. The first kappa shape index (κ1) is 24.1. The first-order valence-corrected chi connectivity index (χ1v) is 12.7. The molecule has 5 rings (SSSR count). The molecular formula is C28H35N7O. The number of anilines is 5. The van der Waals surface area contributed by atoms with E-state index in [1.807, 2.05) is 32.2 Å². The van der Waals surface area contributed by atoms with E-state index in [1.165, 1.54) is 5.69 Å². The maximum absolute atomic E-state index is 12.7. The number of aromatic nitrogens is 2. The van der Waals surface area contributed by atoms with Crippen LogP contribution >= 0.6 is 0 Å². The molecule has 8 heteroatoms. The lowest BCUT2D eigenvalue weighted by molar-refractivity contribution is -0.119. The number of rotatable bonds is 5. The minimum Gasteiger partial charge on any atom is -0.369 e. The zero-order valence-corrected chi connectivity index (χ0v) is 21.8. The fourth-order valence-corrected chi connectivity index (χ4v) is 5.16. The Morgan fingerprint density at radius 1 is 0.944 bits per heavy atom. The van der Waals surface area contributed by atoms with E-state index in [9.17, 15) is 4.79 Å². The Kier molecular flexibility index (Phi) is 6.53. The highest BCUT2D eigenvalue weighted by Crippen LogP contribution is 2.39. The zero-order chi connectivity index (χ0) is 25.4. The Hall–Kier alpha value is -3.65. The van der Waals surface area contributed by atoms with E-state index in [-0.39, 0.29) is 18.0 Å². The van der Waals surface area contributed by atoms with Crippen molar-refractivity contribution in [2.24, 2.45) is 0 Å². The molecule has 0 aliphatic carbocycles. The van der Waals surface area contributed by atoms with Crippen LogP contribution in [0.5, 0.6) is 0 Å². The van der Waals surface area contributed by atoms with Crippen molar-refractivity contribution in [2.75, 3.05) is 60.3 Å². The predicted octanol–water partition coefficient (Wildman–Crippen LogP) is 4.22. The number of piperazine rings is 1. The number of nitrogens with zero attached hydrogens (tertiary/aromatic N) is 6. The van der Waals surface area contributed by atoms with Crippen molar-refractivity contribution in [2.45, 2.75) is 32.9 Å². The highest BCUT2D eigenvalue weighted by Gasteiger charge is 2.35. The Bertz CT molecular complexity index is 1230. The van der Waals surface area contributed by atoms with Crippen LogP contribution in [-0.2, 0) is 4.79 Å². The third-order valence-electron chi connectivity index (χ3n) is 7.22. The SMILES string of the molecule is CC(C)N1c2cc(Nc3nccc(-c4ccc(N5CCN(C)CC5)cc4)n3)ccc2N(C)C(=O)C1C. The van der Waals surface area contributed by atoms with Gasteiger partial charge in [0.05, 0.1) is 17.1 Å². The normalized spacial score (nSPS) is 18.6. The van der Waals surface area contributed by atoms with Crippen LogP contribution < -0.4 is 20.0 Å². The van der Waals surface area contributed by atoms with Gasteiger partial charge in [-0.05, 0) is 64.2 Å². The molecule has 0 radical (unpaired) electrons. The minimum atomic E-state index is -0.217. The van der Waals surface area contributed by atoms with E-state index in [0.29, 0.717) is 5.95 Å². The summed E-state index contributed by atoms with van der Waals surface area (Å²) >= 11 is 0. The van der Waals surface area contributed by atoms with Crippen LogP contribution in [0.25, 0.3) is 11.3 Å². The molecule has 2 aromatic carbocycles. The quantitative estimate of drug-likeness (QED) is 0.580. The number of nitrogens with one attached hydrogen (secondary N) is 1. The fraction of sp³-hybridized carbons (Fsp3) is 0.393. The van der Waals surface area contributed by atoms with Gasteiger partial charge in [-0.2, -0.15) is 0 Å². The summed E-state index contributed by atoms with van der Waals surface area (Å²) in [6.07, 6.45) is 1.78. The standard InChI is InChI=1S/C28H35N7O/c1-19(2)35-20(3)27(36)33(5)25-11-8-22(18-26(25)35)30-28-29-13-12-24(31-28)21-6-9-23(10-7-21)34-16-14-32(4)15-17-34/h6-13,18-20H,14-17H2,1-5H3,(H,29,30,31). The number of fused-ring (bicyclic) bond motifs is 1. The monoisotopic (exact) mass is 485 g/mol. The average Bonchev–Trinajstić information content (AvgIpc) is 2.88. The van der Waals surface area contributed by atoms with Gasteiger partial charge in [0.1, 0.15) is 6.04 Å². The summed E-state index contributed by atoms with van der Waals surface area (Å²) in [5, 5.41) is 3.37. The molecule has 188 valence electrons. The lowest BCUT2D eigenvalue weighted by Gasteiger charge is -2.42. The molecule has 3 aromatic rings. The predicted molar refractivity (Wildman–Crippen MR) is 147 cm³/mol. The summed E-state index contributed by atoms with van der Waals surface area (Å²) in [6.45, 7) is 10.5. The highest BCUT2D eigenvalue weighted by atomic mass is 16.2. The number of benzene rings is 2. The summed E-state index contributed by atoms with van der Waals surface area (Å²) in [5.41, 5.74) is 6.01. The molecule has 3 heterocycles. The molecule has 1 amide bonds. The smallest absolute Gasteiger partial charge is 0.249 e. The van der Waals surface area contributed by atoms with Gasteiger partial charge in [-0.1, -0.05) is 12.1 Å². The average molecular weight is 486 g/mol. The molecule has 2 aliphatic rings. The number of hydrogen-bond donors (Lipinski definition) is 1. The molecule has 2 aliphatic heterocycles. The maximum Gasteiger partial charge on any atom is 0.249 e. The molecule has 0 spiro atoms. The van der Waals surface area contributed by atoms with Gasteiger partial charge >= 0.3 is 0 Å². The van der Waals surface area contributed by atoms with E-state index in [4.69, 9.17) is 4.98 Å². The molecule has 0 saturated carbocycles. The van der Waals surface area contributed by atoms with Gasteiger partial charge in [0.15, 0.2) is 0 Å². The van der Waals surface area contributed by atoms with Crippen molar-refractivity contribution >= 4 is 34.6 Å². The van der Waals surface area contributed by atoms with Crippen LogP contribution in [0.3, 0.4) is 0 Å². The summed E-state index contributed by atoms with van der Waals surface area (Å²) in [4.78, 5) is 30.7. The molecule has 0 bridgehead atoms. The first-order valence-electron chi connectivity index (χ1n) is 12.7. The Balaban J connectivity index is 1.36.